The van der Waals surface area contributed by atoms with Gasteiger partial charge in [-0.25, -0.2) is 4.98 Å². The summed E-state index contributed by atoms with van der Waals surface area (Å²) in [4.78, 5) is 6.95. The fourth-order valence-corrected chi connectivity index (χ4v) is 2.53. The van der Waals surface area contributed by atoms with Crippen LogP contribution >= 0.6 is 0 Å². The van der Waals surface area contributed by atoms with Gasteiger partial charge >= 0.3 is 0 Å². The maximum absolute atomic E-state index is 6.00. The smallest absolute Gasteiger partial charge is 0.131 e. The highest BCUT2D eigenvalue weighted by atomic mass is 16.5. The lowest BCUT2D eigenvalue weighted by atomic mass is 10.0. The van der Waals surface area contributed by atoms with Crippen LogP contribution in [0.2, 0.25) is 0 Å². The van der Waals surface area contributed by atoms with E-state index >= 15 is 0 Å². The summed E-state index contributed by atoms with van der Waals surface area (Å²) < 4.78 is 5.57. The summed E-state index contributed by atoms with van der Waals surface area (Å²) in [6.45, 7) is 8.98. The summed E-state index contributed by atoms with van der Waals surface area (Å²) in [5.41, 5.74) is 8.46. The molecule has 19 heavy (non-hydrogen) atoms. The van der Waals surface area contributed by atoms with Crippen molar-refractivity contribution in [3.8, 4) is 0 Å². The average molecular weight is 263 g/mol. The number of anilines is 1. The molecule has 0 aromatic carbocycles. The first-order valence-electron chi connectivity index (χ1n) is 7.17. The molecule has 2 unspecified atom stereocenters. The Labute approximate surface area is 116 Å². The SMILES string of the molecule is CCC(N)Cc1cnc(N2CCOC(C)C2)c(C)c1. The highest BCUT2D eigenvalue weighted by Crippen LogP contribution is 2.21. The van der Waals surface area contributed by atoms with Crippen LogP contribution in [0.3, 0.4) is 0 Å². The second kappa shape index (κ2) is 6.35. The molecule has 0 aliphatic carbocycles. The molecular weight excluding hydrogens is 238 g/mol. The minimum atomic E-state index is 0.232. The number of nitrogens with two attached hydrogens (primary N) is 1. The zero-order valence-electron chi connectivity index (χ0n) is 12.2. The van der Waals surface area contributed by atoms with Gasteiger partial charge in [-0.2, -0.15) is 0 Å². The Kier molecular flexibility index (Phi) is 4.77. The molecule has 2 atom stereocenters. The van der Waals surface area contributed by atoms with E-state index in [4.69, 9.17) is 10.5 Å². The molecule has 1 aliphatic rings. The topological polar surface area (TPSA) is 51.4 Å². The monoisotopic (exact) mass is 263 g/mol. The zero-order valence-corrected chi connectivity index (χ0v) is 12.2. The van der Waals surface area contributed by atoms with Gasteiger partial charge in [-0.3, -0.25) is 0 Å². The Bertz CT molecular complexity index is 422. The van der Waals surface area contributed by atoms with Gasteiger partial charge in [0.25, 0.3) is 0 Å². The van der Waals surface area contributed by atoms with Crippen molar-refractivity contribution in [2.24, 2.45) is 5.73 Å². The summed E-state index contributed by atoms with van der Waals surface area (Å²) in [6.07, 6.45) is 4.16. The third kappa shape index (κ3) is 3.67. The highest BCUT2D eigenvalue weighted by molar-refractivity contribution is 5.47. The first-order chi connectivity index (χ1) is 9.10. The molecular formula is C15H25N3O. The van der Waals surface area contributed by atoms with Gasteiger partial charge in [0, 0.05) is 25.3 Å². The van der Waals surface area contributed by atoms with Gasteiger partial charge in [-0.1, -0.05) is 13.0 Å². The van der Waals surface area contributed by atoms with Gasteiger partial charge in [-0.05, 0) is 37.8 Å². The molecule has 4 nitrogen and oxygen atoms in total. The van der Waals surface area contributed by atoms with E-state index in [-0.39, 0.29) is 12.1 Å². The third-order valence-corrected chi connectivity index (χ3v) is 3.67. The van der Waals surface area contributed by atoms with Crippen molar-refractivity contribution in [2.45, 2.75) is 45.8 Å². The summed E-state index contributed by atoms with van der Waals surface area (Å²) in [7, 11) is 0. The van der Waals surface area contributed by atoms with Gasteiger partial charge in [-0.15, -0.1) is 0 Å². The van der Waals surface area contributed by atoms with Crippen LogP contribution in [0.25, 0.3) is 0 Å². The molecule has 2 N–H and O–H groups in total. The molecule has 1 aromatic heterocycles. The lowest BCUT2D eigenvalue weighted by molar-refractivity contribution is 0.0529. The van der Waals surface area contributed by atoms with E-state index in [1.165, 1.54) is 11.1 Å². The van der Waals surface area contributed by atoms with Gasteiger partial charge in [0.2, 0.25) is 0 Å². The van der Waals surface area contributed by atoms with Crippen LogP contribution in [0.15, 0.2) is 12.3 Å². The van der Waals surface area contributed by atoms with Gasteiger partial charge in [0.1, 0.15) is 5.82 Å². The van der Waals surface area contributed by atoms with Crippen molar-refractivity contribution in [1.29, 1.82) is 0 Å². The van der Waals surface area contributed by atoms with Gasteiger partial charge in [0.05, 0.1) is 12.7 Å². The van der Waals surface area contributed by atoms with E-state index in [9.17, 15) is 0 Å². The molecule has 2 heterocycles. The lowest BCUT2D eigenvalue weighted by Gasteiger charge is -2.33. The number of pyridine rings is 1. The Morgan fingerprint density at radius 3 is 3.00 bits per heavy atom. The van der Waals surface area contributed by atoms with Crippen LogP contribution in [0.4, 0.5) is 5.82 Å². The zero-order chi connectivity index (χ0) is 13.8. The third-order valence-electron chi connectivity index (χ3n) is 3.67. The number of hydrogen-bond acceptors (Lipinski definition) is 4. The average Bonchev–Trinajstić information content (AvgIpc) is 2.38. The number of rotatable bonds is 4. The summed E-state index contributed by atoms with van der Waals surface area (Å²) in [5.74, 6) is 1.09. The fraction of sp³-hybridized carbons (Fsp3) is 0.667. The number of aromatic nitrogens is 1. The molecule has 2 rings (SSSR count). The molecule has 0 radical (unpaired) electrons. The van der Waals surface area contributed by atoms with Gasteiger partial charge < -0.3 is 15.4 Å². The Morgan fingerprint density at radius 1 is 1.58 bits per heavy atom. The Hall–Kier alpha value is -1.13. The largest absolute Gasteiger partial charge is 0.375 e. The Balaban J connectivity index is 2.10. The van der Waals surface area contributed by atoms with Crippen molar-refractivity contribution in [1.82, 2.24) is 4.98 Å². The minimum absolute atomic E-state index is 0.232. The molecule has 106 valence electrons. The van der Waals surface area contributed by atoms with Crippen LogP contribution in [0.5, 0.6) is 0 Å². The van der Waals surface area contributed by atoms with E-state index in [0.717, 1.165) is 38.4 Å². The molecule has 0 amide bonds. The van der Waals surface area contributed by atoms with E-state index in [1.54, 1.807) is 0 Å². The number of aryl methyl sites for hydroxylation is 1. The number of hydrogen-bond donors (Lipinski definition) is 1. The van der Waals surface area contributed by atoms with Crippen LogP contribution in [0, 0.1) is 6.92 Å². The second-order valence-corrected chi connectivity index (χ2v) is 5.48. The first-order valence-corrected chi connectivity index (χ1v) is 7.17. The maximum atomic E-state index is 6.00. The van der Waals surface area contributed by atoms with Crippen molar-refractivity contribution in [3.05, 3.63) is 23.4 Å². The van der Waals surface area contributed by atoms with Crippen LogP contribution in [-0.2, 0) is 11.2 Å². The lowest BCUT2D eigenvalue weighted by Crippen LogP contribution is -2.41. The second-order valence-electron chi connectivity index (χ2n) is 5.48. The predicted octanol–water partition coefficient (Wildman–Crippen LogP) is 1.89. The quantitative estimate of drug-likeness (QED) is 0.901. The minimum Gasteiger partial charge on any atom is -0.375 e. The summed E-state index contributed by atoms with van der Waals surface area (Å²) in [6, 6.07) is 2.45. The molecule has 4 heteroatoms. The molecule has 1 aliphatic heterocycles. The van der Waals surface area contributed by atoms with E-state index < -0.39 is 0 Å². The maximum Gasteiger partial charge on any atom is 0.131 e. The van der Waals surface area contributed by atoms with Crippen LogP contribution in [0.1, 0.15) is 31.4 Å². The number of morpholine rings is 1. The van der Waals surface area contributed by atoms with Crippen molar-refractivity contribution in [3.63, 3.8) is 0 Å². The Morgan fingerprint density at radius 2 is 2.37 bits per heavy atom. The van der Waals surface area contributed by atoms with Gasteiger partial charge in [0.15, 0.2) is 0 Å². The highest BCUT2D eigenvalue weighted by Gasteiger charge is 2.19. The normalized spacial score (nSPS) is 21.5. The standard InChI is InChI=1S/C15H25N3O/c1-4-14(16)8-13-7-11(2)15(17-9-13)18-5-6-19-12(3)10-18/h7,9,12,14H,4-6,8,10,16H2,1-3H3. The summed E-state index contributed by atoms with van der Waals surface area (Å²) in [5, 5.41) is 0. The van der Waals surface area contributed by atoms with Crippen LogP contribution < -0.4 is 10.6 Å². The van der Waals surface area contributed by atoms with E-state index in [2.05, 4.69) is 36.7 Å². The first kappa shape index (κ1) is 14.3. The number of ether oxygens (including phenoxy) is 1. The molecule has 0 saturated carbocycles. The molecule has 1 aromatic rings. The van der Waals surface area contributed by atoms with E-state index in [0.29, 0.717) is 0 Å². The van der Waals surface area contributed by atoms with Crippen molar-refractivity contribution >= 4 is 5.82 Å². The molecule has 0 spiro atoms. The number of nitrogens with zero attached hydrogens (tertiary/aromatic N) is 2. The van der Waals surface area contributed by atoms with Crippen molar-refractivity contribution in [2.75, 3.05) is 24.6 Å². The van der Waals surface area contributed by atoms with Crippen LogP contribution in [-0.4, -0.2) is 36.8 Å². The molecule has 1 saturated heterocycles. The fourth-order valence-electron chi connectivity index (χ4n) is 2.53. The molecule has 1 fully saturated rings. The summed E-state index contributed by atoms with van der Waals surface area (Å²) >= 11 is 0. The van der Waals surface area contributed by atoms with E-state index in [1.807, 2.05) is 6.20 Å². The molecule has 0 bridgehead atoms. The predicted molar refractivity (Wildman–Crippen MR) is 78.6 cm³/mol. The van der Waals surface area contributed by atoms with Crippen molar-refractivity contribution < 1.29 is 4.74 Å².